The lowest BCUT2D eigenvalue weighted by atomic mass is 10.1. The number of hydrogen-bond donors (Lipinski definition) is 1. The van der Waals surface area contributed by atoms with E-state index in [0.717, 1.165) is 12.8 Å². The average molecular weight is 246 g/mol. The number of nitrogens with zero attached hydrogens (tertiary/aromatic N) is 1. The largest absolute Gasteiger partial charge is 0.378 e. The molecule has 0 unspecified atom stereocenters. The fourth-order valence-corrected chi connectivity index (χ4v) is 2.71. The Morgan fingerprint density at radius 3 is 2.89 bits per heavy atom. The van der Waals surface area contributed by atoms with E-state index in [4.69, 9.17) is 4.74 Å². The summed E-state index contributed by atoms with van der Waals surface area (Å²) in [6.45, 7) is 2.68. The van der Waals surface area contributed by atoms with Gasteiger partial charge in [0.1, 0.15) is 0 Å². The van der Waals surface area contributed by atoms with E-state index in [2.05, 4.69) is 23.5 Å². The van der Waals surface area contributed by atoms with E-state index in [1.807, 2.05) is 11.0 Å². The Bertz CT molecular complexity index is 441. The summed E-state index contributed by atoms with van der Waals surface area (Å²) in [5.41, 5.74) is 2.64. The summed E-state index contributed by atoms with van der Waals surface area (Å²) >= 11 is 0. The van der Waals surface area contributed by atoms with Gasteiger partial charge in [0.2, 0.25) is 0 Å². The number of benzene rings is 1. The van der Waals surface area contributed by atoms with Gasteiger partial charge in [-0.2, -0.15) is 0 Å². The molecule has 1 N–H and O–H groups in total. The van der Waals surface area contributed by atoms with Crippen molar-refractivity contribution in [1.29, 1.82) is 0 Å². The first-order valence-electron chi connectivity index (χ1n) is 6.55. The number of fused-ring (bicyclic) bond motifs is 1. The van der Waals surface area contributed by atoms with E-state index < -0.39 is 0 Å². The molecular weight excluding hydrogens is 228 g/mol. The lowest BCUT2D eigenvalue weighted by Gasteiger charge is -2.28. The summed E-state index contributed by atoms with van der Waals surface area (Å²) < 4.78 is 5.25. The molecule has 1 aromatic carbocycles. The van der Waals surface area contributed by atoms with Gasteiger partial charge in [0.05, 0.1) is 19.3 Å². The zero-order valence-electron chi connectivity index (χ0n) is 10.4. The van der Waals surface area contributed by atoms with Crippen LogP contribution in [0.2, 0.25) is 0 Å². The molecule has 0 radical (unpaired) electrons. The summed E-state index contributed by atoms with van der Waals surface area (Å²) in [4.78, 5) is 14.0. The Morgan fingerprint density at radius 1 is 1.28 bits per heavy atom. The fourth-order valence-electron chi connectivity index (χ4n) is 2.71. The number of carbonyl (C=O) groups is 1. The zero-order valence-corrected chi connectivity index (χ0v) is 10.4. The van der Waals surface area contributed by atoms with Crippen molar-refractivity contribution in [2.24, 2.45) is 0 Å². The second-order valence-corrected chi connectivity index (χ2v) is 4.84. The third-order valence-electron chi connectivity index (χ3n) is 3.73. The van der Waals surface area contributed by atoms with Gasteiger partial charge in [0.15, 0.2) is 0 Å². The van der Waals surface area contributed by atoms with Crippen LogP contribution in [0.15, 0.2) is 24.3 Å². The van der Waals surface area contributed by atoms with Gasteiger partial charge in [-0.15, -0.1) is 0 Å². The molecule has 0 saturated carbocycles. The molecule has 1 saturated heterocycles. The summed E-state index contributed by atoms with van der Waals surface area (Å²) in [5, 5.41) is 3.14. The molecule has 1 atom stereocenters. The summed E-state index contributed by atoms with van der Waals surface area (Å²) in [7, 11) is 0. The predicted octanol–water partition coefficient (Wildman–Crippen LogP) is 1.72. The minimum Gasteiger partial charge on any atom is -0.378 e. The SMILES string of the molecule is O=C(N[C@@H]1CCc2ccccc21)N1CCOCC1. The molecule has 4 nitrogen and oxygen atoms in total. The van der Waals surface area contributed by atoms with Crippen LogP contribution in [0.3, 0.4) is 0 Å². The standard InChI is InChI=1S/C14H18N2O2/c17-14(16-7-9-18-10-8-16)15-13-6-5-11-3-1-2-4-12(11)13/h1-4,13H,5-10H2,(H,15,17)/t13-/m1/s1. The molecule has 4 heteroatoms. The van der Waals surface area contributed by atoms with Crippen LogP contribution in [0.25, 0.3) is 0 Å². The highest BCUT2D eigenvalue weighted by molar-refractivity contribution is 5.75. The molecule has 1 fully saturated rings. The molecule has 1 aromatic rings. The Balaban J connectivity index is 1.65. The molecule has 18 heavy (non-hydrogen) atoms. The van der Waals surface area contributed by atoms with Crippen LogP contribution < -0.4 is 5.32 Å². The highest BCUT2D eigenvalue weighted by Crippen LogP contribution is 2.30. The Kier molecular flexibility index (Phi) is 3.19. The second kappa shape index (κ2) is 4.98. The number of carbonyl (C=O) groups excluding carboxylic acids is 1. The minimum atomic E-state index is 0.0417. The van der Waals surface area contributed by atoms with Crippen molar-refractivity contribution in [3.05, 3.63) is 35.4 Å². The first-order valence-corrected chi connectivity index (χ1v) is 6.55. The third-order valence-corrected chi connectivity index (χ3v) is 3.73. The van der Waals surface area contributed by atoms with E-state index in [9.17, 15) is 4.79 Å². The van der Waals surface area contributed by atoms with Crippen LogP contribution in [-0.4, -0.2) is 37.2 Å². The normalized spacial score (nSPS) is 22.7. The first kappa shape index (κ1) is 11.5. The lowest BCUT2D eigenvalue weighted by Crippen LogP contribution is -2.46. The third kappa shape index (κ3) is 2.20. The van der Waals surface area contributed by atoms with Crippen molar-refractivity contribution in [3.8, 4) is 0 Å². The molecule has 3 rings (SSSR count). The summed E-state index contributed by atoms with van der Waals surface area (Å²) in [5.74, 6) is 0. The maximum atomic E-state index is 12.1. The number of urea groups is 1. The van der Waals surface area contributed by atoms with Gasteiger partial charge in [0.25, 0.3) is 0 Å². The number of rotatable bonds is 1. The van der Waals surface area contributed by atoms with Gasteiger partial charge >= 0.3 is 6.03 Å². The molecule has 96 valence electrons. The molecule has 1 aliphatic heterocycles. The zero-order chi connectivity index (χ0) is 12.4. The monoisotopic (exact) mass is 246 g/mol. The smallest absolute Gasteiger partial charge is 0.318 e. The number of aryl methyl sites for hydroxylation is 1. The van der Waals surface area contributed by atoms with Crippen LogP contribution in [0, 0.1) is 0 Å². The lowest BCUT2D eigenvalue weighted by molar-refractivity contribution is 0.0525. The van der Waals surface area contributed by atoms with E-state index in [1.54, 1.807) is 0 Å². The van der Waals surface area contributed by atoms with E-state index in [-0.39, 0.29) is 12.1 Å². The van der Waals surface area contributed by atoms with Crippen LogP contribution in [0.1, 0.15) is 23.6 Å². The Labute approximate surface area is 107 Å². The molecule has 2 amide bonds. The highest BCUT2D eigenvalue weighted by Gasteiger charge is 2.25. The van der Waals surface area contributed by atoms with Crippen molar-refractivity contribution >= 4 is 6.03 Å². The van der Waals surface area contributed by atoms with Crippen molar-refractivity contribution in [2.75, 3.05) is 26.3 Å². The molecule has 0 bridgehead atoms. The molecule has 0 aromatic heterocycles. The number of ether oxygens (including phenoxy) is 1. The van der Waals surface area contributed by atoms with Crippen molar-refractivity contribution in [3.63, 3.8) is 0 Å². The quantitative estimate of drug-likeness (QED) is 0.819. The van der Waals surface area contributed by atoms with Gasteiger partial charge in [-0.05, 0) is 24.0 Å². The fraction of sp³-hybridized carbons (Fsp3) is 0.500. The number of amides is 2. The molecule has 1 aliphatic carbocycles. The Morgan fingerprint density at radius 2 is 2.06 bits per heavy atom. The first-order chi connectivity index (χ1) is 8.84. The van der Waals surface area contributed by atoms with Gasteiger partial charge < -0.3 is 15.0 Å². The predicted molar refractivity (Wildman–Crippen MR) is 68.4 cm³/mol. The highest BCUT2D eigenvalue weighted by atomic mass is 16.5. The van der Waals surface area contributed by atoms with Crippen LogP contribution in [0.4, 0.5) is 4.79 Å². The van der Waals surface area contributed by atoms with Crippen molar-refractivity contribution in [1.82, 2.24) is 10.2 Å². The maximum Gasteiger partial charge on any atom is 0.318 e. The molecular formula is C14H18N2O2. The number of nitrogens with one attached hydrogen (secondary N) is 1. The molecule has 0 spiro atoms. The van der Waals surface area contributed by atoms with E-state index >= 15 is 0 Å². The van der Waals surface area contributed by atoms with Gasteiger partial charge in [0, 0.05) is 13.1 Å². The van der Waals surface area contributed by atoms with E-state index in [1.165, 1.54) is 11.1 Å². The number of morpholine rings is 1. The van der Waals surface area contributed by atoms with Crippen molar-refractivity contribution < 1.29 is 9.53 Å². The summed E-state index contributed by atoms with van der Waals surface area (Å²) in [6.07, 6.45) is 2.07. The van der Waals surface area contributed by atoms with Crippen molar-refractivity contribution in [2.45, 2.75) is 18.9 Å². The summed E-state index contributed by atoms with van der Waals surface area (Å²) in [6, 6.07) is 8.59. The molecule has 1 heterocycles. The average Bonchev–Trinajstić information content (AvgIpc) is 2.83. The number of hydrogen-bond acceptors (Lipinski definition) is 2. The van der Waals surface area contributed by atoms with E-state index in [0.29, 0.717) is 26.3 Å². The van der Waals surface area contributed by atoms with Crippen LogP contribution in [-0.2, 0) is 11.2 Å². The van der Waals surface area contributed by atoms with Crippen LogP contribution >= 0.6 is 0 Å². The van der Waals surface area contributed by atoms with Crippen LogP contribution in [0.5, 0.6) is 0 Å². The van der Waals surface area contributed by atoms with Gasteiger partial charge in [-0.3, -0.25) is 0 Å². The topological polar surface area (TPSA) is 41.6 Å². The molecule has 2 aliphatic rings. The van der Waals surface area contributed by atoms with Gasteiger partial charge in [-0.1, -0.05) is 24.3 Å². The Hall–Kier alpha value is -1.55. The van der Waals surface area contributed by atoms with Gasteiger partial charge in [-0.25, -0.2) is 4.79 Å². The maximum absolute atomic E-state index is 12.1. The minimum absolute atomic E-state index is 0.0417. The second-order valence-electron chi connectivity index (χ2n) is 4.84.